The van der Waals surface area contributed by atoms with Gasteiger partial charge in [0, 0.05) is 17.5 Å². The lowest BCUT2D eigenvalue weighted by molar-refractivity contribution is -0.274. The van der Waals surface area contributed by atoms with Crippen molar-refractivity contribution in [2.75, 3.05) is 0 Å². The van der Waals surface area contributed by atoms with Gasteiger partial charge in [-0.15, -0.1) is 13.2 Å². The van der Waals surface area contributed by atoms with Crippen LogP contribution in [0.4, 0.5) is 13.2 Å². The molecule has 0 radical (unpaired) electrons. The monoisotopic (exact) mass is 435 g/mol. The smallest absolute Gasteiger partial charge is 0.406 e. The van der Waals surface area contributed by atoms with Gasteiger partial charge in [0.15, 0.2) is 0 Å². The van der Waals surface area contributed by atoms with E-state index >= 15 is 0 Å². The highest BCUT2D eigenvalue weighted by Gasteiger charge is 2.31. The zero-order chi connectivity index (χ0) is 21.3. The lowest BCUT2D eigenvalue weighted by Gasteiger charge is -2.08. The molecule has 0 N–H and O–H groups in total. The van der Waals surface area contributed by atoms with Crippen molar-refractivity contribution in [3.63, 3.8) is 0 Å². The number of aromatic nitrogens is 5. The number of rotatable bonds is 5. The number of alkyl halides is 3. The van der Waals surface area contributed by atoms with E-state index in [0.717, 1.165) is 11.3 Å². The molecule has 0 saturated carbocycles. The molecule has 0 unspecified atom stereocenters. The van der Waals surface area contributed by atoms with Crippen LogP contribution in [0, 0.1) is 6.92 Å². The molecule has 0 aliphatic heterocycles. The van der Waals surface area contributed by atoms with Gasteiger partial charge in [0.1, 0.15) is 16.6 Å². The second-order valence-electron chi connectivity index (χ2n) is 6.31. The first-order valence-corrected chi connectivity index (χ1v) is 9.00. The van der Waals surface area contributed by atoms with Crippen LogP contribution in [0.5, 0.6) is 5.75 Å². The molecule has 0 amide bonds. The van der Waals surface area contributed by atoms with E-state index in [2.05, 4.69) is 25.0 Å². The minimum absolute atomic E-state index is 0.151. The standard InChI is InChI=1S/C19H13ClF3N5O2/c1-11-8-15(26-28(11)10-12-2-7-16(20)24-9-12)17-25-18(30-27-17)13-3-5-14(6-4-13)29-19(21,22)23/h2-9H,10H2,1H3. The maximum atomic E-state index is 12.3. The molecule has 0 fully saturated rings. The summed E-state index contributed by atoms with van der Waals surface area (Å²) in [5, 5.41) is 8.81. The second kappa shape index (κ2) is 7.79. The van der Waals surface area contributed by atoms with Crippen LogP contribution in [0.2, 0.25) is 5.15 Å². The summed E-state index contributed by atoms with van der Waals surface area (Å²) in [6.07, 6.45) is -3.08. The Balaban J connectivity index is 1.52. The summed E-state index contributed by atoms with van der Waals surface area (Å²) in [6.45, 7) is 2.38. The number of benzene rings is 1. The molecule has 11 heteroatoms. The van der Waals surface area contributed by atoms with Crippen molar-refractivity contribution in [3.05, 3.63) is 65.1 Å². The van der Waals surface area contributed by atoms with Gasteiger partial charge in [-0.2, -0.15) is 10.1 Å². The molecule has 0 saturated heterocycles. The molecule has 0 aliphatic carbocycles. The van der Waals surface area contributed by atoms with Crippen molar-refractivity contribution in [3.8, 4) is 28.7 Å². The summed E-state index contributed by atoms with van der Waals surface area (Å²) in [5.41, 5.74) is 2.75. The Hall–Kier alpha value is -3.40. The van der Waals surface area contributed by atoms with Crippen molar-refractivity contribution >= 4 is 11.6 Å². The number of hydrogen-bond donors (Lipinski definition) is 0. The van der Waals surface area contributed by atoms with Gasteiger partial charge in [0.2, 0.25) is 5.82 Å². The third-order valence-corrected chi connectivity index (χ3v) is 4.32. The third kappa shape index (κ3) is 4.60. The topological polar surface area (TPSA) is 78.9 Å². The molecular formula is C19H13ClF3N5O2. The van der Waals surface area contributed by atoms with E-state index in [1.807, 2.05) is 13.0 Å². The maximum absolute atomic E-state index is 12.3. The molecule has 0 aliphatic rings. The zero-order valence-corrected chi connectivity index (χ0v) is 16.1. The Morgan fingerprint density at radius 2 is 1.90 bits per heavy atom. The molecule has 1 aromatic carbocycles. The van der Waals surface area contributed by atoms with Gasteiger partial charge in [0.05, 0.1) is 6.54 Å². The van der Waals surface area contributed by atoms with Gasteiger partial charge in [-0.1, -0.05) is 22.8 Å². The van der Waals surface area contributed by atoms with E-state index in [4.69, 9.17) is 16.1 Å². The zero-order valence-electron chi connectivity index (χ0n) is 15.4. The lowest BCUT2D eigenvalue weighted by atomic mass is 10.2. The van der Waals surface area contributed by atoms with Crippen LogP contribution in [0.25, 0.3) is 23.0 Å². The molecule has 3 aromatic heterocycles. The fourth-order valence-corrected chi connectivity index (χ4v) is 2.81. The fraction of sp³-hybridized carbons (Fsp3) is 0.158. The molecular weight excluding hydrogens is 423 g/mol. The Morgan fingerprint density at radius 1 is 1.13 bits per heavy atom. The van der Waals surface area contributed by atoms with Crippen LogP contribution in [0.1, 0.15) is 11.3 Å². The summed E-state index contributed by atoms with van der Waals surface area (Å²) >= 11 is 5.80. The van der Waals surface area contributed by atoms with Crippen molar-refractivity contribution in [2.45, 2.75) is 19.8 Å². The van der Waals surface area contributed by atoms with E-state index in [0.29, 0.717) is 23.0 Å². The molecule has 0 spiro atoms. The molecule has 3 heterocycles. The minimum Gasteiger partial charge on any atom is -0.406 e. The van der Waals surface area contributed by atoms with E-state index in [-0.39, 0.29) is 17.5 Å². The number of hydrogen-bond acceptors (Lipinski definition) is 6. The summed E-state index contributed by atoms with van der Waals surface area (Å²) in [7, 11) is 0. The highest BCUT2D eigenvalue weighted by atomic mass is 35.5. The molecule has 4 rings (SSSR count). The predicted molar refractivity (Wildman–Crippen MR) is 101 cm³/mol. The quantitative estimate of drug-likeness (QED) is 0.415. The van der Waals surface area contributed by atoms with Crippen LogP contribution in [0.15, 0.2) is 53.2 Å². The van der Waals surface area contributed by atoms with Crippen LogP contribution in [-0.4, -0.2) is 31.3 Å². The normalized spacial score (nSPS) is 11.6. The van der Waals surface area contributed by atoms with Crippen LogP contribution >= 0.6 is 11.6 Å². The average Bonchev–Trinajstić information content (AvgIpc) is 3.30. The first-order valence-electron chi connectivity index (χ1n) is 8.62. The van der Waals surface area contributed by atoms with E-state index < -0.39 is 6.36 Å². The maximum Gasteiger partial charge on any atom is 0.573 e. The highest BCUT2D eigenvalue weighted by Crippen LogP contribution is 2.27. The third-order valence-electron chi connectivity index (χ3n) is 4.09. The van der Waals surface area contributed by atoms with Gasteiger partial charge in [-0.05, 0) is 48.9 Å². The van der Waals surface area contributed by atoms with Crippen LogP contribution in [-0.2, 0) is 6.54 Å². The Labute approximate surface area is 173 Å². The molecule has 0 bridgehead atoms. The molecule has 154 valence electrons. The minimum atomic E-state index is -4.75. The number of nitrogens with zero attached hydrogens (tertiary/aromatic N) is 5. The molecule has 30 heavy (non-hydrogen) atoms. The fourth-order valence-electron chi connectivity index (χ4n) is 2.70. The Kier molecular flexibility index (Phi) is 5.17. The summed E-state index contributed by atoms with van der Waals surface area (Å²) in [6, 6.07) is 10.5. The summed E-state index contributed by atoms with van der Waals surface area (Å²) in [5.74, 6) is 0.0754. The van der Waals surface area contributed by atoms with Crippen molar-refractivity contribution in [1.82, 2.24) is 24.9 Å². The van der Waals surface area contributed by atoms with E-state index in [9.17, 15) is 13.2 Å². The lowest BCUT2D eigenvalue weighted by Crippen LogP contribution is -2.16. The highest BCUT2D eigenvalue weighted by molar-refractivity contribution is 6.29. The second-order valence-corrected chi connectivity index (χ2v) is 6.70. The van der Waals surface area contributed by atoms with Crippen LogP contribution < -0.4 is 4.74 Å². The van der Waals surface area contributed by atoms with Crippen molar-refractivity contribution in [2.24, 2.45) is 0 Å². The summed E-state index contributed by atoms with van der Waals surface area (Å²) < 4.78 is 47.6. The first-order chi connectivity index (χ1) is 14.3. The largest absolute Gasteiger partial charge is 0.573 e. The van der Waals surface area contributed by atoms with Crippen molar-refractivity contribution in [1.29, 1.82) is 0 Å². The first kappa shape index (κ1) is 19.9. The van der Waals surface area contributed by atoms with Gasteiger partial charge < -0.3 is 9.26 Å². The van der Waals surface area contributed by atoms with E-state index in [1.54, 1.807) is 23.0 Å². The van der Waals surface area contributed by atoms with Gasteiger partial charge in [0.25, 0.3) is 5.89 Å². The van der Waals surface area contributed by atoms with Crippen molar-refractivity contribution < 1.29 is 22.4 Å². The van der Waals surface area contributed by atoms with Gasteiger partial charge in [-0.3, -0.25) is 4.68 Å². The average molecular weight is 436 g/mol. The number of aryl methyl sites for hydroxylation is 1. The number of pyridine rings is 1. The SMILES string of the molecule is Cc1cc(-c2noc(-c3ccc(OC(F)(F)F)cc3)n2)nn1Cc1ccc(Cl)nc1. The number of halogens is 4. The molecule has 4 aromatic rings. The predicted octanol–water partition coefficient (Wildman–Crippen LogP) is 4.90. The molecule has 7 nitrogen and oxygen atoms in total. The Morgan fingerprint density at radius 3 is 2.57 bits per heavy atom. The summed E-state index contributed by atoms with van der Waals surface area (Å²) in [4.78, 5) is 8.33. The Bertz CT molecular complexity index is 1150. The number of ether oxygens (including phenoxy) is 1. The van der Waals surface area contributed by atoms with Gasteiger partial charge >= 0.3 is 6.36 Å². The van der Waals surface area contributed by atoms with Gasteiger partial charge in [-0.25, -0.2) is 4.98 Å². The van der Waals surface area contributed by atoms with E-state index in [1.165, 1.54) is 24.3 Å². The van der Waals surface area contributed by atoms with Crippen LogP contribution in [0.3, 0.4) is 0 Å². The molecule has 0 atom stereocenters.